The molecule has 0 aliphatic rings. The van der Waals surface area contributed by atoms with Crippen LogP contribution in [-0.2, 0) is 0 Å². The number of benzene rings is 2. The fraction of sp³-hybridized carbons (Fsp3) is 0.200. The van der Waals surface area contributed by atoms with Crippen LogP contribution in [0, 0.1) is 5.82 Å². The molecule has 0 saturated heterocycles. The van der Waals surface area contributed by atoms with Crippen molar-refractivity contribution in [2.75, 3.05) is 13.7 Å². The lowest BCUT2D eigenvalue weighted by Crippen LogP contribution is -2.19. The van der Waals surface area contributed by atoms with Crippen LogP contribution >= 0.6 is 0 Å². The van der Waals surface area contributed by atoms with Gasteiger partial charge >= 0.3 is 0 Å². The van der Waals surface area contributed by atoms with Crippen LogP contribution in [0.3, 0.4) is 0 Å². The van der Waals surface area contributed by atoms with Crippen molar-refractivity contribution >= 4 is 0 Å². The molecule has 19 heavy (non-hydrogen) atoms. The van der Waals surface area contributed by atoms with Gasteiger partial charge in [0.25, 0.3) is 0 Å². The Balaban J connectivity index is 2.21. The smallest absolute Gasteiger partial charge is 0.139 e. The molecule has 2 N–H and O–H groups in total. The number of hydrogen-bond donors (Lipinski definition) is 1. The zero-order chi connectivity index (χ0) is 13.7. The van der Waals surface area contributed by atoms with Crippen molar-refractivity contribution in [3.05, 3.63) is 59.9 Å². The Kier molecular flexibility index (Phi) is 4.36. The van der Waals surface area contributed by atoms with Crippen LogP contribution < -0.4 is 15.2 Å². The maximum atomic E-state index is 13.7. The molecule has 2 aromatic rings. The Bertz CT molecular complexity index is 545. The first kappa shape index (κ1) is 13.4. The summed E-state index contributed by atoms with van der Waals surface area (Å²) in [5.74, 6) is 0.959. The standard InChI is InChI=1S/C15H16FNO2/c1-18-11-5-4-6-12(9-11)19-15(10-17)13-7-2-3-8-14(13)16/h2-9,15H,10,17H2,1H3. The summed E-state index contributed by atoms with van der Waals surface area (Å²) >= 11 is 0. The molecular weight excluding hydrogens is 245 g/mol. The molecule has 2 aromatic carbocycles. The molecule has 4 heteroatoms. The van der Waals surface area contributed by atoms with Gasteiger partial charge < -0.3 is 15.2 Å². The summed E-state index contributed by atoms with van der Waals surface area (Å²) < 4.78 is 24.6. The number of halogens is 1. The van der Waals surface area contributed by atoms with Crippen molar-refractivity contribution < 1.29 is 13.9 Å². The number of rotatable bonds is 5. The third kappa shape index (κ3) is 3.23. The van der Waals surface area contributed by atoms with Gasteiger partial charge in [-0.25, -0.2) is 4.39 Å². The Hall–Kier alpha value is -2.07. The highest BCUT2D eigenvalue weighted by atomic mass is 19.1. The average Bonchev–Trinajstić information content (AvgIpc) is 2.46. The average molecular weight is 261 g/mol. The van der Waals surface area contributed by atoms with Crippen molar-refractivity contribution in [3.63, 3.8) is 0 Å². The van der Waals surface area contributed by atoms with Gasteiger partial charge in [-0.2, -0.15) is 0 Å². The molecule has 0 amide bonds. The van der Waals surface area contributed by atoms with Crippen LogP contribution in [0.15, 0.2) is 48.5 Å². The largest absolute Gasteiger partial charge is 0.497 e. The number of hydrogen-bond acceptors (Lipinski definition) is 3. The van der Waals surface area contributed by atoms with Gasteiger partial charge in [0.05, 0.1) is 7.11 Å². The summed E-state index contributed by atoms with van der Waals surface area (Å²) in [4.78, 5) is 0. The van der Waals surface area contributed by atoms with Gasteiger partial charge in [0, 0.05) is 18.2 Å². The second-order valence-corrected chi connectivity index (χ2v) is 4.04. The first-order valence-electron chi connectivity index (χ1n) is 6.00. The molecular formula is C15H16FNO2. The lowest BCUT2D eigenvalue weighted by molar-refractivity contribution is 0.208. The summed E-state index contributed by atoms with van der Waals surface area (Å²) in [6, 6.07) is 13.6. The topological polar surface area (TPSA) is 44.5 Å². The molecule has 0 saturated carbocycles. The maximum Gasteiger partial charge on any atom is 0.139 e. The molecule has 0 aromatic heterocycles. The normalized spacial score (nSPS) is 11.9. The highest BCUT2D eigenvalue weighted by Gasteiger charge is 2.15. The minimum Gasteiger partial charge on any atom is -0.497 e. The van der Waals surface area contributed by atoms with E-state index >= 15 is 0 Å². The predicted molar refractivity (Wildman–Crippen MR) is 71.8 cm³/mol. The minimum absolute atomic E-state index is 0.193. The van der Waals surface area contributed by atoms with Gasteiger partial charge in [0.1, 0.15) is 23.4 Å². The van der Waals surface area contributed by atoms with E-state index in [1.54, 1.807) is 37.4 Å². The zero-order valence-corrected chi connectivity index (χ0v) is 10.7. The van der Waals surface area contributed by atoms with Crippen LogP contribution in [0.25, 0.3) is 0 Å². The molecule has 0 fully saturated rings. The minimum atomic E-state index is -0.520. The fourth-order valence-corrected chi connectivity index (χ4v) is 1.81. The van der Waals surface area contributed by atoms with Gasteiger partial charge in [0.15, 0.2) is 0 Å². The van der Waals surface area contributed by atoms with E-state index in [9.17, 15) is 4.39 Å². The van der Waals surface area contributed by atoms with Crippen molar-refractivity contribution in [2.24, 2.45) is 5.73 Å². The Morgan fingerprint density at radius 2 is 1.84 bits per heavy atom. The molecule has 100 valence electrons. The van der Waals surface area contributed by atoms with Gasteiger partial charge in [0.2, 0.25) is 0 Å². The Morgan fingerprint density at radius 3 is 2.53 bits per heavy atom. The van der Waals surface area contributed by atoms with Gasteiger partial charge in [-0.15, -0.1) is 0 Å². The SMILES string of the molecule is COc1cccc(OC(CN)c2ccccc2F)c1. The van der Waals surface area contributed by atoms with E-state index in [1.165, 1.54) is 6.07 Å². The molecule has 0 spiro atoms. The van der Waals surface area contributed by atoms with Crippen molar-refractivity contribution in [1.82, 2.24) is 0 Å². The highest BCUT2D eigenvalue weighted by molar-refractivity contribution is 5.33. The van der Waals surface area contributed by atoms with Crippen LogP contribution in [0.2, 0.25) is 0 Å². The van der Waals surface area contributed by atoms with Gasteiger partial charge in [-0.1, -0.05) is 24.3 Å². The maximum absolute atomic E-state index is 13.7. The van der Waals surface area contributed by atoms with Crippen LogP contribution in [0.5, 0.6) is 11.5 Å². The summed E-state index contributed by atoms with van der Waals surface area (Å²) in [6.45, 7) is 0.193. The monoisotopic (exact) mass is 261 g/mol. The van der Waals surface area contributed by atoms with E-state index in [-0.39, 0.29) is 12.4 Å². The zero-order valence-electron chi connectivity index (χ0n) is 10.7. The summed E-state index contributed by atoms with van der Waals surface area (Å²) in [5.41, 5.74) is 6.12. The van der Waals surface area contributed by atoms with Crippen molar-refractivity contribution in [2.45, 2.75) is 6.10 Å². The van der Waals surface area contributed by atoms with E-state index in [2.05, 4.69) is 0 Å². The van der Waals surface area contributed by atoms with Gasteiger partial charge in [-0.05, 0) is 18.2 Å². The lowest BCUT2D eigenvalue weighted by atomic mass is 10.1. The predicted octanol–water partition coefficient (Wildman–Crippen LogP) is 2.91. The van der Waals surface area contributed by atoms with E-state index < -0.39 is 6.10 Å². The van der Waals surface area contributed by atoms with Crippen molar-refractivity contribution in [1.29, 1.82) is 0 Å². The molecule has 0 radical (unpaired) electrons. The molecule has 0 heterocycles. The lowest BCUT2D eigenvalue weighted by Gasteiger charge is -2.18. The molecule has 0 bridgehead atoms. The van der Waals surface area contributed by atoms with Crippen molar-refractivity contribution in [3.8, 4) is 11.5 Å². The van der Waals surface area contributed by atoms with E-state index in [0.29, 0.717) is 17.1 Å². The first-order valence-corrected chi connectivity index (χ1v) is 6.00. The van der Waals surface area contributed by atoms with Crippen LogP contribution in [0.4, 0.5) is 4.39 Å². The Labute approximate surface area is 111 Å². The molecule has 0 aliphatic carbocycles. The molecule has 3 nitrogen and oxygen atoms in total. The third-order valence-corrected chi connectivity index (χ3v) is 2.79. The summed E-state index contributed by atoms with van der Waals surface area (Å²) in [6.07, 6.45) is -0.520. The molecule has 1 atom stereocenters. The van der Waals surface area contributed by atoms with Crippen LogP contribution in [0.1, 0.15) is 11.7 Å². The third-order valence-electron chi connectivity index (χ3n) is 2.79. The Morgan fingerprint density at radius 1 is 1.11 bits per heavy atom. The van der Waals surface area contributed by atoms with E-state index in [1.807, 2.05) is 12.1 Å². The summed E-state index contributed by atoms with van der Waals surface area (Å²) in [5, 5.41) is 0. The molecule has 1 unspecified atom stereocenters. The second kappa shape index (κ2) is 6.20. The second-order valence-electron chi connectivity index (χ2n) is 4.04. The quantitative estimate of drug-likeness (QED) is 0.900. The number of methoxy groups -OCH3 is 1. The first-order chi connectivity index (χ1) is 9.24. The molecule has 0 aliphatic heterocycles. The van der Waals surface area contributed by atoms with E-state index in [0.717, 1.165) is 0 Å². The van der Waals surface area contributed by atoms with Gasteiger partial charge in [-0.3, -0.25) is 0 Å². The number of ether oxygens (including phenoxy) is 2. The van der Waals surface area contributed by atoms with E-state index in [4.69, 9.17) is 15.2 Å². The number of nitrogens with two attached hydrogens (primary N) is 1. The fourth-order valence-electron chi connectivity index (χ4n) is 1.81. The van der Waals surface area contributed by atoms with Crippen LogP contribution in [-0.4, -0.2) is 13.7 Å². The molecule has 2 rings (SSSR count). The highest BCUT2D eigenvalue weighted by Crippen LogP contribution is 2.26. The summed E-state index contributed by atoms with van der Waals surface area (Å²) in [7, 11) is 1.58.